The van der Waals surface area contributed by atoms with E-state index in [0.717, 1.165) is 15.6 Å². The molecule has 0 aliphatic heterocycles. The van der Waals surface area contributed by atoms with Crippen molar-refractivity contribution in [1.29, 1.82) is 0 Å². The van der Waals surface area contributed by atoms with Crippen molar-refractivity contribution < 1.29 is 9.53 Å². The molecule has 19 heavy (non-hydrogen) atoms. The van der Waals surface area contributed by atoms with Gasteiger partial charge in [0.1, 0.15) is 6.61 Å². The number of halogens is 1. The molecule has 2 nitrogen and oxygen atoms in total. The molecule has 2 aromatic rings. The maximum absolute atomic E-state index is 11.5. The van der Waals surface area contributed by atoms with Gasteiger partial charge in [-0.3, -0.25) is 0 Å². The fourth-order valence-electron chi connectivity index (χ4n) is 1.41. The average Bonchev–Trinajstić information content (AvgIpc) is 2.45. The first-order valence-corrected chi connectivity index (χ1v) is 6.51. The van der Waals surface area contributed by atoms with Crippen LogP contribution < -0.4 is 0 Å². The molecule has 0 heterocycles. The topological polar surface area (TPSA) is 26.3 Å². The van der Waals surface area contributed by atoms with E-state index < -0.39 is 5.97 Å². The molecule has 0 aromatic heterocycles. The molecule has 2 aromatic carbocycles. The van der Waals surface area contributed by atoms with Crippen molar-refractivity contribution in [2.75, 3.05) is 0 Å². The highest BCUT2D eigenvalue weighted by molar-refractivity contribution is 9.10. The fourth-order valence-corrected chi connectivity index (χ4v) is 1.67. The predicted molar refractivity (Wildman–Crippen MR) is 77.3 cm³/mol. The lowest BCUT2D eigenvalue weighted by Gasteiger charge is -2.00. The van der Waals surface area contributed by atoms with Gasteiger partial charge in [-0.2, -0.15) is 0 Å². The van der Waals surface area contributed by atoms with Crippen molar-refractivity contribution in [2.24, 2.45) is 0 Å². The van der Waals surface area contributed by atoms with E-state index in [4.69, 9.17) is 4.74 Å². The van der Waals surface area contributed by atoms with Crippen LogP contribution in [-0.4, -0.2) is 5.97 Å². The maximum Gasteiger partial charge on any atom is 0.385 e. The van der Waals surface area contributed by atoms with Gasteiger partial charge in [0.15, 0.2) is 0 Å². The summed E-state index contributed by atoms with van der Waals surface area (Å²) in [6.07, 6.45) is 0. The third-order valence-electron chi connectivity index (χ3n) is 2.37. The number of carbonyl (C=O) groups excluding carboxylic acids is 1. The van der Waals surface area contributed by atoms with E-state index in [0.29, 0.717) is 0 Å². The van der Waals surface area contributed by atoms with Gasteiger partial charge in [-0.25, -0.2) is 4.79 Å². The first kappa shape index (κ1) is 13.4. The molecule has 0 amide bonds. The van der Waals surface area contributed by atoms with Crippen molar-refractivity contribution in [3.8, 4) is 11.8 Å². The molecule has 0 N–H and O–H groups in total. The van der Waals surface area contributed by atoms with Crippen LogP contribution in [0.2, 0.25) is 0 Å². The second-order valence-corrected chi connectivity index (χ2v) is 4.73. The standard InChI is InChI=1S/C16H11BrO2/c17-15-9-6-14(7-10-15)12-19-16(18)11-8-13-4-2-1-3-5-13/h1-7,9-10H,12H2. The van der Waals surface area contributed by atoms with Gasteiger partial charge in [0.05, 0.1) is 0 Å². The molecule has 94 valence electrons. The van der Waals surface area contributed by atoms with Gasteiger partial charge in [-0.15, -0.1) is 0 Å². The predicted octanol–water partition coefficient (Wildman–Crippen LogP) is 3.54. The quantitative estimate of drug-likeness (QED) is 0.626. The summed E-state index contributed by atoms with van der Waals surface area (Å²) in [7, 11) is 0. The van der Waals surface area contributed by atoms with E-state index in [1.807, 2.05) is 54.6 Å². The number of rotatable bonds is 2. The lowest BCUT2D eigenvalue weighted by molar-refractivity contribution is -0.137. The molecule has 2 rings (SSSR count). The highest BCUT2D eigenvalue weighted by atomic mass is 79.9. The Morgan fingerprint density at radius 1 is 1.05 bits per heavy atom. The van der Waals surface area contributed by atoms with Crippen molar-refractivity contribution in [1.82, 2.24) is 0 Å². The normalized spacial score (nSPS) is 9.32. The highest BCUT2D eigenvalue weighted by Gasteiger charge is 1.98. The zero-order valence-corrected chi connectivity index (χ0v) is 11.7. The van der Waals surface area contributed by atoms with Crippen LogP contribution in [-0.2, 0) is 16.1 Å². The number of hydrogen-bond acceptors (Lipinski definition) is 2. The molecule has 3 heteroatoms. The zero-order chi connectivity index (χ0) is 13.5. The summed E-state index contributed by atoms with van der Waals surface area (Å²) < 4.78 is 6.05. The van der Waals surface area contributed by atoms with Gasteiger partial charge < -0.3 is 4.74 Å². The molecule has 0 fully saturated rings. The molecule has 0 unspecified atom stereocenters. The Bertz CT molecular complexity index is 607. The molecule has 0 atom stereocenters. The van der Waals surface area contributed by atoms with E-state index in [9.17, 15) is 4.79 Å². The molecular formula is C16H11BrO2. The Hall–Kier alpha value is -2.05. The number of benzene rings is 2. The smallest absolute Gasteiger partial charge is 0.385 e. The van der Waals surface area contributed by atoms with Gasteiger partial charge in [-0.05, 0) is 29.8 Å². The minimum Gasteiger partial charge on any atom is -0.451 e. The first-order valence-electron chi connectivity index (χ1n) is 5.72. The first-order chi connectivity index (χ1) is 9.24. The summed E-state index contributed by atoms with van der Waals surface area (Å²) in [5, 5.41) is 0. The lowest BCUT2D eigenvalue weighted by atomic mass is 10.2. The molecule has 0 radical (unpaired) electrons. The summed E-state index contributed by atoms with van der Waals surface area (Å²) in [6.45, 7) is 0.232. The van der Waals surface area contributed by atoms with Gasteiger partial charge in [-0.1, -0.05) is 52.2 Å². The van der Waals surface area contributed by atoms with Gasteiger partial charge >= 0.3 is 5.97 Å². The van der Waals surface area contributed by atoms with E-state index >= 15 is 0 Å². The van der Waals surface area contributed by atoms with Crippen LogP contribution in [0.5, 0.6) is 0 Å². The Morgan fingerprint density at radius 2 is 1.74 bits per heavy atom. The second kappa shape index (κ2) is 6.77. The van der Waals surface area contributed by atoms with Crippen molar-refractivity contribution >= 4 is 21.9 Å². The van der Waals surface area contributed by atoms with Crippen LogP contribution in [0, 0.1) is 11.8 Å². The summed E-state index contributed by atoms with van der Waals surface area (Å²) in [4.78, 5) is 11.5. The zero-order valence-electron chi connectivity index (χ0n) is 10.1. The molecule has 0 aliphatic carbocycles. The number of carbonyl (C=O) groups is 1. The monoisotopic (exact) mass is 314 g/mol. The van der Waals surface area contributed by atoms with E-state index in [-0.39, 0.29) is 6.61 Å². The maximum atomic E-state index is 11.5. The Balaban J connectivity index is 1.89. The van der Waals surface area contributed by atoms with Crippen molar-refractivity contribution in [3.63, 3.8) is 0 Å². The van der Waals surface area contributed by atoms with Crippen LogP contribution in [0.15, 0.2) is 59.1 Å². The van der Waals surface area contributed by atoms with E-state index in [2.05, 4.69) is 27.8 Å². The second-order valence-electron chi connectivity index (χ2n) is 3.82. The van der Waals surface area contributed by atoms with Crippen LogP contribution in [0.25, 0.3) is 0 Å². The van der Waals surface area contributed by atoms with Gasteiger partial charge in [0.2, 0.25) is 0 Å². The number of hydrogen-bond donors (Lipinski definition) is 0. The Labute approximate surface area is 120 Å². The summed E-state index contributed by atoms with van der Waals surface area (Å²) in [6, 6.07) is 16.9. The molecule has 0 bridgehead atoms. The minimum absolute atomic E-state index is 0.232. The largest absolute Gasteiger partial charge is 0.451 e. The van der Waals surface area contributed by atoms with Gasteiger partial charge in [0.25, 0.3) is 0 Å². The fraction of sp³-hybridized carbons (Fsp3) is 0.0625. The van der Waals surface area contributed by atoms with Crippen LogP contribution >= 0.6 is 15.9 Å². The summed E-state index contributed by atoms with van der Waals surface area (Å²) >= 11 is 3.35. The molecular weight excluding hydrogens is 304 g/mol. The third kappa shape index (κ3) is 4.61. The number of ether oxygens (including phenoxy) is 1. The van der Waals surface area contributed by atoms with Crippen LogP contribution in [0.4, 0.5) is 0 Å². The molecule has 0 aliphatic rings. The van der Waals surface area contributed by atoms with Crippen molar-refractivity contribution in [2.45, 2.75) is 6.61 Å². The van der Waals surface area contributed by atoms with Crippen LogP contribution in [0.3, 0.4) is 0 Å². The van der Waals surface area contributed by atoms with Gasteiger partial charge in [0, 0.05) is 16.0 Å². The summed E-state index contributed by atoms with van der Waals surface area (Å²) in [5.41, 5.74) is 1.72. The Kier molecular flexibility index (Phi) is 4.77. The lowest BCUT2D eigenvalue weighted by Crippen LogP contribution is -2.01. The molecule has 0 saturated heterocycles. The summed E-state index contributed by atoms with van der Waals surface area (Å²) in [5.74, 6) is 4.70. The van der Waals surface area contributed by atoms with E-state index in [1.165, 1.54) is 0 Å². The third-order valence-corrected chi connectivity index (χ3v) is 2.89. The van der Waals surface area contributed by atoms with E-state index in [1.54, 1.807) is 0 Å². The molecule has 0 spiro atoms. The Morgan fingerprint density at radius 3 is 2.42 bits per heavy atom. The average molecular weight is 315 g/mol. The minimum atomic E-state index is -0.522. The van der Waals surface area contributed by atoms with Crippen LogP contribution in [0.1, 0.15) is 11.1 Å². The molecule has 0 saturated carbocycles. The SMILES string of the molecule is O=C(C#Cc1ccccc1)OCc1ccc(Br)cc1. The van der Waals surface area contributed by atoms with Crippen molar-refractivity contribution in [3.05, 3.63) is 70.2 Å². The number of esters is 1. The highest BCUT2D eigenvalue weighted by Crippen LogP contribution is 2.11.